The number of aliphatic imine (C=N–C) groups is 1. The maximum absolute atomic E-state index is 5.39. The summed E-state index contributed by atoms with van der Waals surface area (Å²) in [5.74, 6) is 2.53. The van der Waals surface area contributed by atoms with Crippen LogP contribution in [-0.2, 0) is 6.54 Å². The highest BCUT2D eigenvalue weighted by Crippen LogP contribution is 2.24. The van der Waals surface area contributed by atoms with Crippen LogP contribution in [0.1, 0.15) is 18.4 Å². The predicted molar refractivity (Wildman–Crippen MR) is 143 cm³/mol. The van der Waals surface area contributed by atoms with Gasteiger partial charge in [0.25, 0.3) is 0 Å². The molecule has 1 unspecified atom stereocenters. The third-order valence-corrected chi connectivity index (χ3v) is 5.40. The molecule has 3 N–H and O–H groups in total. The largest absolute Gasteiger partial charge is 0.497 e. The molecule has 0 bridgehead atoms. The van der Waals surface area contributed by atoms with E-state index in [2.05, 4.69) is 50.1 Å². The molecule has 0 spiro atoms. The molecule has 0 aromatic heterocycles. The maximum atomic E-state index is 5.39. The van der Waals surface area contributed by atoms with Crippen LogP contribution in [0.2, 0.25) is 0 Å². The van der Waals surface area contributed by atoms with Crippen molar-refractivity contribution in [1.82, 2.24) is 15.5 Å². The van der Waals surface area contributed by atoms with Crippen molar-refractivity contribution < 1.29 is 9.47 Å². The minimum absolute atomic E-state index is 0. The Morgan fingerprint density at radius 1 is 1.06 bits per heavy atom. The summed E-state index contributed by atoms with van der Waals surface area (Å²) in [6.45, 7) is 4.71. The van der Waals surface area contributed by atoms with Crippen LogP contribution >= 0.6 is 24.0 Å². The molecule has 0 radical (unpaired) electrons. The zero-order valence-electron chi connectivity index (χ0n) is 19.3. The molecular weight excluding hydrogens is 517 g/mol. The summed E-state index contributed by atoms with van der Waals surface area (Å²) < 4.78 is 10.8. The fraction of sp³-hybridized carbons (Fsp3) is 0.458. The highest BCUT2D eigenvalue weighted by Gasteiger charge is 2.23. The molecule has 3 rings (SSSR count). The molecule has 1 fully saturated rings. The summed E-state index contributed by atoms with van der Waals surface area (Å²) in [7, 11) is 5.20. The van der Waals surface area contributed by atoms with Crippen LogP contribution in [0.4, 0.5) is 5.69 Å². The first kappa shape index (κ1) is 26.1. The Labute approximate surface area is 209 Å². The van der Waals surface area contributed by atoms with E-state index in [1.807, 2.05) is 31.3 Å². The second-order valence-electron chi connectivity index (χ2n) is 7.73. The van der Waals surface area contributed by atoms with Gasteiger partial charge in [-0.15, -0.1) is 24.0 Å². The first-order chi connectivity index (χ1) is 15.2. The third kappa shape index (κ3) is 8.38. The number of hydrogen-bond donors (Lipinski definition) is 3. The van der Waals surface area contributed by atoms with Gasteiger partial charge in [0, 0.05) is 57.6 Å². The topological polar surface area (TPSA) is 70.2 Å². The smallest absolute Gasteiger partial charge is 0.191 e. The Hall–Kier alpha value is -2.20. The summed E-state index contributed by atoms with van der Waals surface area (Å²) in [4.78, 5) is 6.83. The lowest BCUT2D eigenvalue weighted by molar-refractivity contribution is 0.321. The lowest BCUT2D eigenvalue weighted by Crippen LogP contribution is -2.45. The van der Waals surface area contributed by atoms with Crippen LogP contribution < -0.4 is 25.4 Å². The van der Waals surface area contributed by atoms with Gasteiger partial charge < -0.3 is 25.4 Å². The molecule has 0 saturated carbocycles. The van der Waals surface area contributed by atoms with E-state index in [9.17, 15) is 0 Å². The van der Waals surface area contributed by atoms with Gasteiger partial charge in [-0.1, -0.05) is 18.2 Å². The summed E-state index contributed by atoms with van der Waals surface area (Å²) in [6.07, 6.45) is 2.11. The number of para-hydroxylation sites is 1. The van der Waals surface area contributed by atoms with E-state index in [0.717, 1.165) is 68.7 Å². The van der Waals surface area contributed by atoms with E-state index >= 15 is 0 Å². The van der Waals surface area contributed by atoms with E-state index in [0.29, 0.717) is 6.04 Å². The molecule has 7 nitrogen and oxygen atoms in total. The normalized spacial score (nSPS) is 16.2. The van der Waals surface area contributed by atoms with Gasteiger partial charge in [0.15, 0.2) is 5.96 Å². The second-order valence-corrected chi connectivity index (χ2v) is 7.73. The van der Waals surface area contributed by atoms with E-state index in [1.54, 1.807) is 14.2 Å². The Morgan fingerprint density at radius 3 is 2.44 bits per heavy atom. The standard InChI is InChI=1S/C24H35N5O2.HI/c1-25-24(27-12-7-11-26-20-8-5-4-6-9-20)28-21-10-13-29(18-21)17-19-14-22(30-2)16-23(15-19)31-3;/h4-6,8-9,14-16,21,26H,7,10-13,17-18H2,1-3H3,(H2,25,27,28);1H. The van der Waals surface area contributed by atoms with Gasteiger partial charge in [-0.25, -0.2) is 0 Å². The monoisotopic (exact) mass is 553 g/mol. The average Bonchev–Trinajstić information content (AvgIpc) is 3.25. The zero-order chi connectivity index (χ0) is 21.9. The van der Waals surface area contributed by atoms with Crippen LogP contribution in [0, 0.1) is 0 Å². The molecule has 8 heteroatoms. The number of likely N-dealkylation sites (tertiary alicyclic amines) is 1. The number of guanidine groups is 1. The van der Waals surface area contributed by atoms with Crippen LogP contribution in [0.5, 0.6) is 11.5 Å². The number of nitrogens with one attached hydrogen (secondary N) is 3. The highest BCUT2D eigenvalue weighted by molar-refractivity contribution is 14.0. The van der Waals surface area contributed by atoms with Crippen molar-refractivity contribution in [3.63, 3.8) is 0 Å². The highest BCUT2D eigenvalue weighted by atomic mass is 127. The number of benzene rings is 2. The molecule has 176 valence electrons. The molecule has 1 aliphatic heterocycles. The van der Waals surface area contributed by atoms with E-state index < -0.39 is 0 Å². The van der Waals surface area contributed by atoms with Crippen LogP contribution in [0.3, 0.4) is 0 Å². The van der Waals surface area contributed by atoms with Gasteiger partial charge >= 0.3 is 0 Å². The molecule has 0 aliphatic carbocycles. The van der Waals surface area contributed by atoms with Crippen molar-refractivity contribution in [3.8, 4) is 11.5 Å². The Morgan fingerprint density at radius 2 is 1.78 bits per heavy atom. The Kier molecular flexibility index (Phi) is 11.4. The van der Waals surface area contributed by atoms with Gasteiger partial charge in [-0.05, 0) is 42.7 Å². The van der Waals surface area contributed by atoms with Gasteiger partial charge in [0.1, 0.15) is 11.5 Å². The first-order valence-corrected chi connectivity index (χ1v) is 10.9. The first-order valence-electron chi connectivity index (χ1n) is 10.9. The lowest BCUT2D eigenvalue weighted by atomic mass is 10.2. The number of ether oxygens (including phenoxy) is 2. The van der Waals surface area contributed by atoms with Gasteiger partial charge in [0.05, 0.1) is 14.2 Å². The third-order valence-electron chi connectivity index (χ3n) is 5.40. The number of halogens is 1. The maximum Gasteiger partial charge on any atom is 0.191 e. The predicted octanol–water partition coefficient (Wildman–Crippen LogP) is 3.56. The minimum Gasteiger partial charge on any atom is -0.497 e. The number of nitrogens with zero attached hydrogens (tertiary/aromatic N) is 2. The van der Waals surface area contributed by atoms with Crippen LogP contribution in [-0.4, -0.2) is 64.3 Å². The summed E-state index contributed by atoms with van der Waals surface area (Å²) in [6, 6.07) is 16.7. The molecule has 32 heavy (non-hydrogen) atoms. The van der Waals surface area contributed by atoms with Gasteiger partial charge in [-0.3, -0.25) is 9.89 Å². The molecule has 1 saturated heterocycles. The lowest BCUT2D eigenvalue weighted by Gasteiger charge is -2.19. The van der Waals surface area contributed by atoms with E-state index in [-0.39, 0.29) is 24.0 Å². The number of rotatable bonds is 10. The van der Waals surface area contributed by atoms with Crippen molar-refractivity contribution in [2.45, 2.75) is 25.4 Å². The molecular formula is C24H36IN5O2. The van der Waals surface area contributed by atoms with Crippen molar-refractivity contribution in [1.29, 1.82) is 0 Å². The van der Waals surface area contributed by atoms with E-state index in [4.69, 9.17) is 9.47 Å². The van der Waals surface area contributed by atoms with Crippen molar-refractivity contribution in [2.24, 2.45) is 4.99 Å². The van der Waals surface area contributed by atoms with Crippen LogP contribution in [0.15, 0.2) is 53.5 Å². The fourth-order valence-electron chi connectivity index (χ4n) is 3.78. The van der Waals surface area contributed by atoms with Gasteiger partial charge in [0.2, 0.25) is 0 Å². The van der Waals surface area contributed by atoms with Crippen molar-refractivity contribution in [2.75, 3.05) is 52.8 Å². The van der Waals surface area contributed by atoms with E-state index in [1.165, 1.54) is 5.56 Å². The fourth-order valence-corrected chi connectivity index (χ4v) is 3.78. The molecule has 1 aliphatic rings. The quantitative estimate of drug-likeness (QED) is 0.181. The summed E-state index contributed by atoms with van der Waals surface area (Å²) in [5.41, 5.74) is 2.36. The van der Waals surface area contributed by atoms with Crippen molar-refractivity contribution >= 4 is 35.6 Å². The number of hydrogen-bond acceptors (Lipinski definition) is 5. The summed E-state index contributed by atoms with van der Waals surface area (Å²) >= 11 is 0. The summed E-state index contributed by atoms with van der Waals surface area (Å²) in [5, 5.41) is 10.4. The molecule has 2 aromatic carbocycles. The van der Waals surface area contributed by atoms with Gasteiger partial charge in [-0.2, -0.15) is 0 Å². The molecule has 2 aromatic rings. The number of anilines is 1. The molecule has 0 amide bonds. The minimum atomic E-state index is 0. The SMILES string of the molecule is CN=C(NCCCNc1ccccc1)NC1CCN(Cc2cc(OC)cc(OC)c2)C1.I. The van der Waals surface area contributed by atoms with Crippen molar-refractivity contribution in [3.05, 3.63) is 54.1 Å². The Bertz CT molecular complexity index is 812. The molecule has 1 atom stereocenters. The second kappa shape index (κ2) is 14.1. The Balaban J connectivity index is 0.00000363. The number of methoxy groups -OCH3 is 2. The van der Waals surface area contributed by atoms with Crippen LogP contribution in [0.25, 0.3) is 0 Å². The zero-order valence-corrected chi connectivity index (χ0v) is 21.6. The molecule has 1 heterocycles. The average molecular weight is 553 g/mol.